The van der Waals surface area contributed by atoms with E-state index in [1.807, 2.05) is 0 Å². The maximum Gasteiger partial charge on any atom is 0.133 e. The third kappa shape index (κ3) is 3.06. The van der Waals surface area contributed by atoms with Gasteiger partial charge in [-0.15, -0.1) is 0 Å². The number of hydrogen-bond donors (Lipinski definition) is 1. The van der Waals surface area contributed by atoms with Crippen molar-refractivity contribution in [3.05, 3.63) is 40.0 Å². The van der Waals surface area contributed by atoms with Gasteiger partial charge >= 0.3 is 0 Å². The second-order valence-corrected chi connectivity index (χ2v) is 7.74. The van der Waals surface area contributed by atoms with Crippen LogP contribution < -0.4 is 5.32 Å². The molecule has 23 heavy (non-hydrogen) atoms. The van der Waals surface area contributed by atoms with Crippen LogP contribution in [0.25, 0.3) is 5.69 Å². The quantitative estimate of drug-likeness (QED) is 0.760. The van der Waals surface area contributed by atoms with Gasteiger partial charge in [0, 0.05) is 22.5 Å². The first-order chi connectivity index (χ1) is 11.3. The Balaban J connectivity index is 1.79. The van der Waals surface area contributed by atoms with E-state index in [9.17, 15) is 0 Å². The predicted molar refractivity (Wildman–Crippen MR) is 98.5 cm³/mol. The smallest absolute Gasteiger partial charge is 0.133 e. The van der Waals surface area contributed by atoms with Gasteiger partial charge in [-0.1, -0.05) is 35.2 Å². The van der Waals surface area contributed by atoms with Crippen LogP contribution in [0, 0.1) is 0 Å². The summed E-state index contributed by atoms with van der Waals surface area (Å²) < 4.78 is 3.26. The molecule has 4 heteroatoms. The minimum atomic E-state index is 0.661. The summed E-state index contributed by atoms with van der Waals surface area (Å²) in [6.45, 7) is 1.05. The highest BCUT2D eigenvalue weighted by molar-refractivity contribution is 9.10. The maximum absolute atomic E-state index is 5.10. The average molecular weight is 374 g/mol. The first kappa shape index (κ1) is 15.3. The number of aromatic nitrogens is 2. The standard InChI is InChI=1S/C19H24BrN3/c20-15-9-11-16(12-10-15)23-19-17(8-4-5-13-21-19)18(22-23)14-6-2-1-3-7-14/h9-12,14,21H,1-8,13H2. The molecule has 0 bridgehead atoms. The van der Waals surface area contributed by atoms with Gasteiger partial charge in [-0.25, -0.2) is 4.68 Å². The van der Waals surface area contributed by atoms with Crippen molar-refractivity contribution in [2.75, 3.05) is 11.9 Å². The molecule has 1 aromatic carbocycles. The second-order valence-electron chi connectivity index (χ2n) is 6.82. The van der Waals surface area contributed by atoms with Crippen LogP contribution in [0.4, 0.5) is 5.82 Å². The first-order valence-electron chi connectivity index (χ1n) is 8.94. The van der Waals surface area contributed by atoms with Crippen molar-refractivity contribution in [1.82, 2.24) is 9.78 Å². The van der Waals surface area contributed by atoms with Crippen molar-refractivity contribution in [3.8, 4) is 5.69 Å². The summed E-state index contributed by atoms with van der Waals surface area (Å²) in [6, 6.07) is 8.49. The van der Waals surface area contributed by atoms with Gasteiger partial charge < -0.3 is 5.32 Å². The molecule has 1 aliphatic carbocycles. The van der Waals surface area contributed by atoms with Crippen LogP contribution in [0.15, 0.2) is 28.7 Å². The number of benzene rings is 1. The summed E-state index contributed by atoms with van der Waals surface area (Å²) in [6.07, 6.45) is 10.4. The van der Waals surface area contributed by atoms with Crippen LogP contribution in [0.3, 0.4) is 0 Å². The van der Waals surface area contributed by atoms with Gasteiger partial charge in [0.05, 0.1) is 11.4 Å². The van der Waals surface area contributed by atoms with E-state index >= 15 is 0 Å². The van der Waals surface area contributed by atoms with Gasteiger partial charge in [0.1, 0.15) is 5.82 Å². The monoisotopic (exact) mass is 373 g/mol. The minimum absolute atomic E-state index is 0.661. The number of anilines is 1. The van der Waals surface area contributed by atoms with Gasteiger partial charge in [0.15, 0.2) is 0 Å². The normalized spacial score (nSPS) is 19.0. The number of nitrogens with zero attached hydrogens (tertiary/aromatic N) is 2. The van der Waals surface area contributed by atoms with E-state index in [0.717, 1.165) is 16.7 Å². The van der Waals surface area contributed by atoms with Gasteiger partial charge in [0.25, 0.3) is 0 Å². The summed E-state index contributed by atoms with van der Waals surface area (Å²) >= 11 is 3.53. The number of halogens is 1. The van der Waals surface area contributed by atoms with E-state index in [1.165, 1.54) is 68.4 Å². The Kier molecular flexibility index (Phi) is 4.43. The molecule has 2 aromatic rings. The van der Waals surface area contributed by atoms with E-state index in [-0.39, 0.29) is 0 Å². The fraction of sp³-hybridized carbons (Fsp3) is 0.526. The number of hydrogen-bond acceptors (Lipinski definition) is 2. The van der Waals surface area contributed by atoms with Gasteiger partial charge in [-0.3, -0.25) is 0 Å². The van der Waals surface area contributed by atoms with Crippen molar-refractivity contribution >= 4 is 21.7 Å². The van der Waals surface area contributed by atoms with E-state index in [2.05, 4.69) is 50.2 Å². The SMILES string of the molecule is Brc1ccc(-n2nc(C3CCCCC3)c3c2NCCCC3)cc1. The molecule has 1 aliphatic heterocycles. The van der Waals surface area contributed by atoms with E-state index in [1.54, 1.807) is 0 Å². The lowest BCUT2D eigenvalue weighted by Gasteiger charge is -2.20. The lowest BCUT2D eigenvalue weighted by atomic mass is 9.85. The van der Waals surface area contributed by atoms with Crippen LogP contribution in [0.1, 0.15) is 62.1 Å². The zero-order chi connectivity index (χ0) is 15.6. The topological polar surface area (TPSA) is 29.9 Å². The predicted octanol–water partition coefficient (Wildman–Crippen LogP) is 5.43. The summed E-state index contributed by atoms with van der Waals surface area (Å²) in [4.78, 5) is 0. The molecule has 0 unspecified atom stereocenters. The molecule has 0 spiro atoms. The fourth-order valence-electron chi connectivity index (χ4n) is 4.00. The van der Waals surface area contributed by atoms with Crippen molar-refractivity contribution in [2.45, 2.75) is 57.3 Å². The summed E-state index contributed by atoms with van der Waals surface area (Å²) in [7, 11) is 0. The summed E-state index contributed by atoms with van der Waals surface area (Å²) in [5, 5.41) is 8.75. The van der Waals surface area contributed by atoms with E-state index in [0.29, 0.717) is 5.92 Å². The van der Waals surface area contributed by atoms with Gasteiger partial charge in [-0.2, -0.15) is 5.10 Å². The molecule has 0 amide bonds. The maximum atomic E-state index is 5.10. The summed E-state index contributed by atoms with van der Waals surface area (Å²) in [5.41, 5.74) is 4.01. The molecular weight excluding hydrogens is 350 g/mol. The zero-order valence-electron chi connectivity index (χ0n) is 13.5. The Bertz CT molecular complexity index is 669. The minimum Gasteiger partial charge on any atom is -0.370 e. The molecule has 1 fully saturated rings. The molecule has 1 aromatic heterocycles. The van der Waals surface area contributed by atoms with Crippen molar-refractivity contribution in [1.29, 1.82) is 0 Å². The van der Waals surface area contributed by atoms with Crippen LogP contribution in [0.5, 0.6) is 0 Å². The Morgan fingerprint density at radius 1 is 1.00 bits per heavy atom. The second kappa shape index (κ2) is 6.68. The van der Waals surface area contributed by atoms with Crippen molar-refractivity contribution in [3.63, 3.8) is 0 Å². The molecule has 0 atom stereocenters. The Labute approximate surface area is 146 Å². The molecule has 1 saturated carbocycles. The van der Waals surface area contributed by atoms with Gasteiger partial charge in [0.2, 0.25) is 0 Å². The molecule has 4 rings (SSSR count). The Morgan fingerprint density at radius 2 is 1.78 bits per heavy atom. The third-order valence-electron chi connectivity index (χ3n) is 5.22. The zero-order valence-corrected chi connectivity index (χ0v) is 15.1. The molecule has 0 radical (unpaired) electrons. The first-order valence-corrected chi connectivity index (χ1v) is 9.74. The largest absolute Gasteiger partial charge is 0.370 e. The van der Waals surface area contributed by atoms with Crippen LogP contribution in [0.2, 0.25) is 0 Å². The van der Waals surface area contributed by atoms with E-state index < -0.39 is 0 Å². The van der Waals surface area contributed by atoms with Crippen molar-refractivity contribution in [2.24, 2.45) is 0 Å². The van der Waals surface area contributed by atoms with Crippen molar-refractivity contribution < 1.29 is 0 Å². The Morgan fingerprint density at radius 3 is 2.57 bits per heavy atom. The van der Waals surface area contributed by atoms with Crippen LogP contribution >= 0.6 is 15.9 Å². The highest BCUT2D eigenvalue weighted by atomic mass is 79.9. The number of rotatable bonds is 2. The number of fused-ring (bicyclic) bond motifs is 1. The molecule has 122 valence electrons. The van der Waals surface area contributed by atoms with Crippen LogP contribution in [-0.4, -0.2) is 16.3 Å². The lowest BCUT2D eigenvalue weighted by molar-refractivity contribution is 0.432. The van der Waals surface area contributed by atoms with E-state index in [4.69, 9.17) is 5.10 Å². The molecular formula is C19H24BrN3. The molecule has 3 nitrogen and oxygen atoms in total. The lowest BCUT2D eigenvalue weighted by Crippen LogP contribution is -2.08. The third-order valence-corrected chi connectivity index (χ3v) is 5.75. The molecule has 1 N–H and O–H groups in total. The average Bonchev–Trinajstić information content (AvgIpc) is 2.78. The van der Waals surface area contributed by atoms with Gasteiger partial charge in [-0.05, 0) is 56.4 Å². The number of nitrogens with one attached hydrogen (secondary N) is 1. The Hall–Kier alpha value is -1.29. The summed E-state index contributed by atoms with van der Waals surface area (Å²) in [5.74, 6) is 1.90. The highest BCUT2D eigenvalue weighted by Gasteiger charge is 2.27. The molecule has 2 aliphatic rings. The fourth-order valence-corrected chi connectivity index (χ4v) is 4.27. The highest BCUT2D eigenvalue weighted by Crippen LogP contribution is 2.38. The van der Waals surface area contributed by atoms with Crippen LogP contribution in [-0.2, 0) is 6.42 Å². The molecule has 0 saturated heterocycles. The molecule has 2 heterocycles.